The Hall–Kier alpha value is -1.84. The SMILES string of the molecule is CCOC(=O)C(N)C1c2ccccc2CCc2ccccc21.Cl. The molecular weight excluding hydrogens is 310 g/mol. The van der Waals surface area contributed by atoms with Crippen LogP contribution in [0.5, 0.6) is 0 Å². The molecule has 3 rings (SSSR count). The maximum Gasteiger partial charge on any atom is 0.323 e. The van der Waals surface area contributed by atoms with Crippen molar-refractivity contribution in [2.75, 3.05) is 6.61 Å². The molecule has 4 heteroatoms. The summed E-state index contributed by atoms with van der Waals surface area (Å²) in [4.78, 5) is 12.2. The van der Waals surface area contributed by atoms with Gasteiger partial charge in [-0.05, 0) is 42.0 Å². The van der Waals surface area contributed by atoms with Crippen LogP contribution >= 0.6 is 12.4 Å². The van der Waals surface area contributed by atoms with Crippen LogP contribution in [0.25, 0.3) is 0 Å². The smallest absolute Gasteiger partial charge is 0.323 e. The summed E-state index contributed by atoms with van der Waals surface area (Å²) >= 11 is 0. The lowest BCUT2D eigenvalue weighted by atomic mass is 9.83. The number of esters is 1. The molecule has 0 aromatic heterocycles. The van der Waals surface area contributed by atoms with E-state index in [-0.39, 0.29) is 24.3 Å². The first-order chi connectivity index (χ1) is 10.7. The monoisotopic (exact) mass is 331 g/mol. The van der Waals surface area contributed by atoms with Crippen molar-refractivity contribution in [3.63, 3.8) is 0 Å². The molecule has 0 aliphatic heterocycles. The fourth-order valence-corrected chi connectivity index (χ4v) is 3.33. The Bertz CT molecular complexity index is 639. The molecule has 1 unspecified atom stereocenters. The van der Waals surface area contributed by atoms with Gasteiger partial charge in [0.2, 0.25) is 0 Å². The van der Waals surface area contributed by atoms with E-state index >= 15 is 0 Å². The molecule has 2 aromatic rings. The van der Waals surface area contributed by atoms with Gasteiger partial charge in [0.1, 0.15) is 6.04 Å². The van der Waals surface area contributed by atoms with Crippen molar-refractivity contribution in [1.29, 1.82) is 0 Å². The van der Waals surface area contributed by atoms with Crippen molar-refractivity contribution in [3.05, 3.63) is 70.8 Å². The lowest BCUT2D eigenvalue weighted by molar-refractivity contribution is -0.145. The van der Waals surface area contributed by atoms with Crippen molar-refractivity contribution in [2.24, 2.45) is 5.73 Å². The quantitative estimate of drug-likeness (QED) is 0.878. The zero-order valence-electron chi connectivity index (χ0n) is 13.2. The van der Waals surface area contributed by atoms with Crippen LogP contribution in [-0.4, -0.2) is 18.6 Å². The maximum absolute atomic E-state index is 12.2. The second kappa shape index (κ2) is 7.62. The van der Waals surface area contributed by atoms with Crippen molar-refractivity contribution in [2.45, 2.75) is 31.7 Å². The largest absolute Gasteiger partial charge is 0.465 e. The molecule has 2 aromatic carbocycles. The summed E-state index contributed by atoms with van der Waals surface area (Å²) in [6.07, 6.45) is 1.94. The van der Waals surface area contributed by atoms with Gasteiger partial charge in [-0.1, -0.05) is 48.5 Å². The van der Waals surface area contributed by atoms with Crippen LogP contribution in [0.4, 0.5) is 0 Å². The number of carbonyl (C=O) groups is 1. The summed E-state index contributed by atoms with van der Waals surface area (Å²) in [6, 6.07) is 15.9. The molecule has 0 saturated carbocycles. The van der Waals surface area contributed by atoms with Gasteiger partial charge in [-0.15, -0.1) is 12.4 Å². The molecule has 1 atom stereocenters. The highest BCUT2D eigenvalue weighted by molar-refractivity contribution is 5.85. The van der Waals surface area contributed by atoms with Crippen LogP contribution in [-0.2, 0) is 22.4 Å². The van der Waals surface area contributed by atoms with E-state index in [0.29, 0.717) is 6.61 Å². The summed E-state index contributed by atoms with van der Waals surface area (Å²) in [6.45, 7) is 2.15. The Balaban J connectivity index is 0.00000192. The van der Waals surface area contributed by atoms with Gasteiger partial charge in [0, 0.05) is 5.92 Å². The predicted molar refractivity (Wildman–Crippen MR) is 94.0 cm³/mol. The second-order valence-corrected chi connectivity index (χ2v) is 5.65. The van der Waals surface area contributed by atoms with E-state index in [4.69, 9.17) is 10.5 Å². The van der Waals surface area contributed by atoms with E-state index < -0.39 is 6.04 Å². The number of benzene rings is 2. The van der Waals surface area contributed by atoms with E-state index in [1.807, 2.05) is 24.3 Å². The molecule has 122 valence electrons. The predicted octanol–water partition coefficient (Wildman–Crippen LogP) is 3.23. The number of hydrogen-bond acceptors (Lipinski definition) is 3. The molecule has 1 aliphatic carbocycles. The summed E-state index contributed by atoms with van der Waals surface area (Å²) in [5, 5.41) is 0. The molecular formula is C19H22ClNO2. The molecule has 0 radical (unpaired) electrons. The van der Waals surface area contributed by atoms with Crippen LogP contribution in [0, 0.1) is 0 Å². The summed E-state index contributed by atoms with van der Waals surface area (Å²) in [5.41, 5.74) is 11.1. The molecule has 3 nitrogen and oxygen atoms in total. The standard InChI is InChI=1S/C19H21NO2.ClH/c1-2-22-19(21)18(20)17-15-9-5-3-7-13(15)11-12-14-8-4-6-10-16(14)17;/h3-10,17-18H,2,11-12,20H2,1H3;1H. The summed E-state index contributed by atoms with van der Waals surface area (Å²) in [7, 11) is 0. The van der Waals surface area contributed by atoms with Gasteiger partial charge < -0.3 is 10.5 Å². The number of fused-ring (bicyclic) bond motifs is 2. The second-order valence-electron chi connectivity index (χ2n) is 5.65. The molecule has 0 heterocycles. The fraction of sp³-hybridized carbons (Fsp3) is 0.316. The third-order valence-corrected chi connectivity index (χ3v) is 4.36. The van der Waals surface area contributed by atoms with Gasteiger partial charge in [-0.2, -0.15) is 0 Å². The topological polar surface area (TPSA) is 52.3 Å². The number of ether oxygens (including phenoxy) is 1. The first-order valence-electron chi connectivity index (χ1n) is 7.80. The van der Waals surface area contributed by atoms with Crippen LogP contribution in [0.1, 0.15) is 35.1 Å². The number of nitrogens with two attached hydrogens (primary N) is 1. The van der Waals surface area contributed by atoms with Crippen LogP contribution < -0.4 is 5.73 Å². The normalized spacial score (nSPS) is 14.7. The van der Waals surface area contributed by atoms with Crippen molar-refractivity contribution in [1.82, 2.24) is 0 Å². The minimum absolute atomic E-state index is 0. The zero-order chi connectivity index (χ0) is 15.5. The van der Waals surface area contributed by atoms with Gasteiger partial charge in [0.25, 0.3) is 0 Å². The molecule has 0 spiro atoms. The molecule has 0 bridgehead atoms. The number of halogens is 1. The average molecular weight is 332 g/mol. The third kappa shape index (κ3) is 3.41. The van der Waals surface area contributed by atoms with Gasteiger partial charge in [-0.3, -0.25) is 4.79 Å². The van der Waals surface area contributed by atoms with Gasteiger partial charge >= 0.3 is 5.97 Å². The first-order valence-corrected chi connectivity index (χ1v) is 7.80. The van der Waals surface area contributed by atoms with Gasteiger partial charge in [-0.25, -0.2) is 0 Å². The van der Waals surface area contributed by atoms with E-state index in [1.165, 1.54) is 11.1 Å². The van der Waals surface area contributed by atoms with Crippen LogP contribution in [0.2, 0.25) is 0 Å². The summed E-state index contributed by atoms with van der Waals surface area (Å²) in [5.74, 6) is -0.479. The highest BCUT2D eigenvalue weighted by Crippen LogP contribution is 2.36. The molecule has 23 heavy (non-hydrogen) atoms. The molecule has 0 fully saturated rings. The molecule has 2 N–H and O–H groups in total. The number of carbonyl (C=O) groups excluding carboxylic acids is 1. The Morgan fingerprint density at radius 3 is 2.04 bits per heavy atom. The highest BCUT2D eigenvalue weighted by Gasteiger charge is 2.33. The highest BCUT2D eigenvalue weighted by atomic mass is 35.5. The van der Waals surface area contributed by atoms with E-state index in [2.05, 4.69) is 24.3 Å². The Labute approximate surface area is 143 Å². The van der Waals surface area contributed by atoms with Crippen LogP contribution in [0.3, 0.4) is 0 Å². The zero-order valence-corrected chi connectivity index (χ0v) is 14.0. The van der Waals surface area contributed by atoms with Crippen molar-refractivity contribution in [3.8, 4) is 0 Å². The summed E-state index contributed by atoms with van der Waals surface area (Å²) < 4.78 is 5.16. The van der Waals surface area contributed by atoms with E-state index in [9.17, 15) is 4.79 Å². The number of aryl methyl sites for hydroxylation is 2. The van der Waals surface area contributed by atoms with E-state index in [0.717, 1.165) is 24.0 Å². The van der Waals surface area contributed by atoms with Gasteiger partial charge in [0.05, 0.1) is 6.61 Å². The Morgan fingerprint density at radius 2 is 1.57 bits per heavy atom. The van der Waals surface area contributed by atoms with Crippen LogP contribution in [0.15, 0.2) is 48.5 Å². The first kappa shape index (κ1) is 17.5. The Kier molecular flexibility index (Phi) is 5.80. The van der Waals surface area contributed by atoms with Gasteiger partial charge in [0.15, 0.2) is 0 Å². The van der Waals surface area contributed by atoms with Crippen molar-refractivity contribution < 1.29 is 9.53 Å². The lowest BCUT2D eigenvalue weighted by Gasteiger charge is -2.25. The average Bonchev–Trinajstić information content (AvgIpc) is 2.71. The lowest BCUT2D eigenvalue weighted by Crippen LogP contribution is -2.39. The maximum atomic E-state index is 12.2. The molecule has 0 saturated heterocycles. The number of rotatable bonds is 3. The van der Waals surface area contributed by atoms with E-state index in [1.54, 1.807) is 6.92 Å². The molecule has 1 aliphatic rings. The fourth-order valence-electron chi connectivity index (χ4n) is 3.33. The minimum atomic E-state index is -0.680. The minimum Gasteiger partial charge on any atom is -0.465 e. The molecule has 0 amide bonds. The third-order valence-electron chi connectivity index (χ3n) is 4.36. The number of hydrogen-bond donors (Lipinski definition) is 1. The Morgan fingerprint density at radius 1 is 1.09 bits per heavy atom. The van der Waals surface area contributed by atoms with Crippen molar-refractivity contribution >= 4 is 18.4 Å².